The second kappa shape index (κ2) is 42.9. The summed E-state index contributed by atoms with van der Waals surface area (Å²) in [5.41, 5.74) is 0. The van der Waals surface area contributed by atoms with Gasteiger partial charge < -0.3 is 50.2 Å². The van der Waals surface area contributed by atoms with E-state index in [1.54, 1.807) is 6.92 Å². The third-order valence-corrected chi connectivity index (χ3v) is 10.1. The Morgan fingerprint density at radius 1 is 0.563 bits per heavy atom. The lowest BCUT2D eigenvalue weighted by Crippen LogP contribution is -2.60. The molecule has 0 spiro atoms. The van der Waals surface area contributed by atoms with E-state index in [2.05, 4.69) is 154 Å². The molecule has 420 valence electrons. The van der Waals surface area contributed by atoms with Gasteiger partial charge in [0.25, 0.3) is 5.91 Å². The Balaban J connectivity index is -0.0000000955. The molecule has 1 amide bonds. The van der Waals surface area contributed by atoms with E-state index in [1.807, 2.05) is 0 Å². The summed E-state index contributed by atoms with van der Waals surface area (Å²) in [6.07, 6.45) is 4.88. The molecular formula is C58H111NO12. The minimum absolute atomic E-state index is 0. The highest BCUT2D eigenvalue weighted by Crippen LogP contribution is 2.24. The van der Waals surface area contributed by atoms with E-state index in [0.29, 0.717) is 32.1 Å². The maximum Gasteiger partial charge on any atom is 0.305 e. The van der Waals surface area contributed by atoms with E-state index < -0.39 is 80.0 Å². The first-order valence-corrected chi connectivity index (χ1v) is 23.8. The minimum atomic E-state index is -1.79. The SMILES string of the molecule is CC#CC#CC#CC#CC#CC#CC#CC#CC#CC#CC#CC#CC(=O)N[C@@H](CO[C@H]1OC(COC(=O)CCCCCCC(=O)O)[C@H](O)[C@H](O)C1O)[C@H](O)[C@H](O)CCCCCCCCCCCCCC.[HH].[HH].[HH].[HH].[HH].[HH].[HH].[HH].[HH].[HH].[HH].[HH].[HH].[HH].[HH].[HH].[HH].[HH].[HH].[HH].[HH].[HH].[HH].[HH]. The van der Waals surface area contributed by atoms with Crippen molar-refractivity contribution in [1.29, 1.82) is 0 Å². The average molecular weight is 1010 g/mol. The van der Waals surface area contributed by atoms with Crippen LogP contribution in [-0.2, 0) is 28.6 Å². The molecule has 8 atom stereocenters. The molecule has 0 aromatic heterocycles. The van der Waals surface area contributed by atoms with Crippen LogP contribution in [0.3, 0.4) is 0 Å². The Kier molecular flexibility index (Phi) is 37.4. The first kappa shape index (κ1) is 61.9. The van der Waals surface area contributed by atoms with Crippen LogP contribution in [0.15, 0.2) is 0 Å². The van der Waals surface area contributed by atoms with Gasteiger partial charge in [0.1, 0.15) is 37.1 Å². The normalized spacial score (nSPS) is 16.7. The molecule has 1 fully saturated rings. The van der Waals surface area contributed by atoms with Crippen molar-refractivity contribution in [2.24, 2.45) is 0 Å². The van der Waals surface area contributed by atoms with Gasteiger partial charge in [-0.05, 0) is 121 Å². The molecule has 1 rings (SSSR count). The van der Waals surface area contributed by atoms with Crippen molar-refractivity contribution in [3.05, 3.63) is 0 Å². The number of amides is 1. The highest BCUT2D eigenvalue weighted by atomic mass is 16.7. The van der Waals surface area contributed by atoms with Crippen molar-refractivity contribution >= 4 is 17.8 Å². The third-order valence-electron chi connectivity index (χ3n) is 10.1. The quantitative estimate of drug-likeness (QED) is 0.0222. The summed E-state index contributed by atoms with van der Waals surface area (Å²) in [5.74, 6) is 56.9. The molecule has 0 radical (unpaired) electrons. The summed E-state index contributed by atoms with van der Waals surface area (Å²) in [5, 5.41) is 65.3. The number of carboxylic acids is 1. The van der Waals surface area contributed by atoms with E-state index >= 15 is 0 Å². The van der Waals surface area contributed by atoms with Crippen molar-refractivity contribution in [2.45, 2.75) is 185 Å². The molecular weight excluding hydrogens is 903 g/mol. The van der Waals surface area contributed by atoms with Gasteiger partial charge in [0, 0.05) is 88.5 Å². The number of aliphatic hydroxyl groups is 5. The van der Waals surface area contributed by atoms with Crippen molar-refractivity contribution in [1.82, 2.24) is 5.32 Å². The van der Waals surface area contributed by atoms with Crippen LogP contribution >= 0.6 is 0 Å². The maximum absolute atomic E-state index is 12.9. The third kappa shape index (κ3) is 33.9. The average Bonchev–Trinajstić information content (AvgIpc) is 3.35. The van der Waals surface area contributed by atoms with Crippen LogP contribution in [0.1, 0.15) is 170 Å². The molecule has 0 bridgehead atoms. The van der Waals surface area contributed by atoms with E-state index in [-0.39, 0.29) is 53.5 Å². The Labute approximate surface area is 456 Å². The molecule has 0 aliphatic carbocycles. The highest BCUT2D eigenvalue weighted by Gasteiger charge is 2.45. The van der Waals surface area contributed by atoms with Crippen LogP contribution in [0.2, 0.25) is 0 Å². The lowest BCUT2D eigenvalue weighted by Gasteiger charge is -2.40. The fourth-order valence-electron chi connectivity index (χ4n) is 6.38. The number of hydrogen-bond acceptors (Lipinski definition) is 11. The molecule has 13 heteroatoms. The van der Waals surface area contributed by atoms with Crippen molar-refractivity contribution in [3.63, 3.8) is 0 Å². The molecule has 0 aromatic rings. The van der Waals surface area contributed by atoms with E-state index in [1.165, 1.54) is 44.9 Å². The monoisotopic (exact) mass is 1010 g/mol. The zero-order valence-electron chi connectivity index (χ0n) is 40.6. The van der Waals surface area contributed by atoms with Gasteiger partial charge in [-0.25, -0.2) is 0 Å². The second-order valence-electron chi connectivity index (χ2n) is 15.8. The van der Waals surface area contributed by atoms with Gasteiger partial charge in [0.2, 0.25) is 0 Å². The van der Waals surface area contributed by atoms with Crippen LogP contribution in [0.25, 0.3) is 0 Å². The van der Waals surface area contributed by atoms with Crippen LogP contribution in [-0.4, -0.2) is 111 Å². The zero-order valence-corrected chi connectivity index (χ0v) is 40.6. The first-order chi connectivity index (χ1) is 34.5. The van der Waals surface area contributed by atoms with E-state index in [4.69, 9.17) is 19.3 Å². The van der Waals surface area contributed by atoms with Gasteiger partial charge in [-0.15, -0.1) is 0 Å². The number of carbonyl (C=O) groups excluding carboxylic acids is 2. The molecule has 71 heavy (non-hydrogen) atoms. The van der Waals surface area contributed by atoms with Gasteiger partial charge in [0.05, 0.1) is 18.8 Å². The van der Waals surface area contributed by atoms with Gasteiger partial charge >= 0.3 is 11.9 Å². The molecule has 13 nitrogen and oxygen atoms in total. The van der Waals surface area contributed by atoms with Crippen molar-refractivity contribution < 1.29 is 93.5 Å². The summed E-state index contributed by atoms with van der Waals surface area (Å²) < 4.78 is 16.6. The van der Waals surface area contributed by atoms with Crippen LogP contribution in [0.4, 0.5) is 0 Å². The number of carbonyl (C=O) groups is 3. The lowest BCUT2D eigenvalue weighted by molar-refractivity contribution is -0.303. The number of unbranched alkanes of at least 4 members (excludes halogenated alkanes) is 14. The van der Waals surface area contributed by atoms with Gasteiger partial charge in [-0.2, -0.15) is 0 Å². The number of aliphatic hydroxyl groups excluding tert-OH is 5. The van der Waals surface area contributed by atoms with Gasteiger partial charge in [0.15, 0.2) is 6.29 Å². The van der Waals surface area contributed by atoms with Crippen LogP contribution in [0, 0.1) is 142 Å². The summed E-state index contributed by atoms with van der Waals surface area (Å²) >= 11 is 0. The zero-order chi connectivity index (χ0) is 52.0. The van der Waals surface area contributed by atoms with Gasteiger partial charge in [-0.3, -0.25) is 14.4 Å². The predicted octanol–water partition coefficient (Wildman–Crippen LogP) is 9.04. The lowest BCUT2D eigenvalue weighted by atomic mass is 9.98. The summed E-state index contributed by atoms with van der Waals surface area (Å²) in [7, 11) is 0. The van der Waals surface area contributed by atoms with Crippen molar-refractivity contribution in [2.75, 3.05) is 13.2 Å². The molecule has 1 aliphatic heterocycles. The predicted molar refractivity (Wildman–Crippen MR) is 318 cm³/mol. The fraction of sp³-hybridized carbons (Fsp3) is 0.534. The second-order valence-corrected chi connectivity index (χ2v) is 15.8. The fourth-order valence-corrected chi connectivity index (χ4v) is 6.38. The number of rotatable bonds is 28. The number of carboxylic acid groups (broad SMARTS) is 1. The Morgan fingerprint density at radius 2 is 0.986 bits per heavy atom. The van der Waals surface area contributed by atoms with Crippen LogP contribution in [0.5, 0.6) is 0 Å². The Hall–Kier alpha value is -7.15. The van der Waals surface area contributed by atoms with Gasteiger partial charge in [-0.1, -0.05) is 103 Å². The molecule has 1 heterocycles. The summed E-state index contributed by atoms with van der Waals surface area (Å²) in [4.78, 5) is 35.9. The molecule has 2 unspecified atom stereocenters. The Bertz CT molecular complexity index is 2560. The molecule has 7 N–H and O–H groups in total. The molecule has 0 saturated carbocycles. The largest absolute Gasteiger partial charge is 0.481 e. The number of esters is 1. The van der Waals surface area contributed by atoms with Crippen LogP contribution < -0.4 is 5.32 Å². The Morgan fingerprint density at radius 3 is 1.45 bits per heavy atom. The molecule has 1 aliphatic rings. The molecule has 0 aromatic carbocycles. The first-order valence-electron chi connectivity index (χ1n) is 23.8. The van der Waals surface area contributed by atoms with E-state index in [0.717, 1.165) is 25.7 Å². The standard InChI is InChI=1S/C58H63NO12.24H2/c1-3-5-7-9-11-13-15-17-18-19-20-21-22-23-24-25-26-27-29-31-33-35-39-43-51(61)59-48(54(65)49(60)42-38-34-32-30-28-16-14-12-10-8-6-4-2)46-70-58-57(68)56(67)55(66)50(71-58)47-69-53(64)45-41-37-36-40-44-52(62)63;;;;;;;;;;;;;;;;;;;;;;;;/h48-50,54-58,60,65-68H,4,6,8,10,12,14,16,28,30,32,34,36-38,40-42,44-47H2,1-2H3,(H,59,61)(H,62,63);24*1H/t48-,49+,50?,54-,55-,56-,57?,58-;;;;;;;;;;;;;;;;;;;;;;;;/m0......................../s1. The number of aliphatic carboxylic acids is 1. The van der Waals surface area contributed by atoms with E-state index in [9.17, 15) is 39.9 Å². The minimum Gasteiger partial charge on any atom is -0.481 e. The van der Waals surface area contributed by atoms with Crippen molar-refractivity contribution in [3.8, 4) is 142 Å². The smallest absolute Gasteiger partial charge is 0.305 e. The highest BCUT2D eigenvalue weighted by molar-refractivity contribution is 5.94. The molecule has 1 saturated heterocycles. The topological polar surface area (TPSA) is 212 Å². The summed E-state index contributed by atoms with van der Waals surface area (Å²) in [6, 6.07) is -1.30. The summed E-state index contributed by atoms with van der Waals surface area (Å²) in [6.45, 7) is 2.84. The number of ether oxygens (including phenoxy) is 3. The number of nitrogens with one attached hydrogen (secondary N) is 1. The number of hydrogen-bond donors (Lipinski definition) is 7. The maximum atomic E-state index is 12.9.